The van der Waals surface area contributed by atoms with Crippen molar-refractivity contribution < 1.29 is 23.4 Å². The fourth-order valence-corrected chi connectivity index (χ4v) is 6.25. The molecule has 0 saturated carbocycles. The Morgan fingerprint density at radius 3 is 2.49 bits per heavy atom. The summed E-state index contributed by atoms with van der Waals surface area (Å²) >= 11 is 0. The van der Waals surface area contributed by atoms with Gasteiger partial charge in [0.15, 0.2) is 0 Å². The van der Waals surface area contributed by atoms with Crippen molar-refractivity contribution in [2.45, 2.75) is 44.0 Å². The number of unbranched alkanes of at least 4 members (excludes halogenated alkanes) is 1. The number of para-hydroxylation sites is 1. The van der Waals surface area contributed by atoms with Crippen LogP contribution in [-0.4, -0.2) is 44.1 Å². The molecule has 0 bridgehead atoms. The second-order valence-electron chi connectivity index (χ2n) is 8.94. The van der Waals surface area contributed by atoms with Crippen LogP contribution in [0.25, 0.3) is 11.1 Å². The maximum atomic E-state index is 14.1. The van der Waals surface area contributed by atoms with Crippen LogP contribution in [0.3, 0.4) is 0 Å². The topological polar surface area (TPSA) is 84.2 Å². The Hall–Kier alpha value is -2.91. The SMILES string of the molecule is CCCCC1CN(c2ccccc2)c2cc(C)c(-c3ccc(F)c(C(=O)O)c3)cc2S(O)(O)N1C. The molecule has 0 amide bonds. The minimum absolute atomic E-state index is 0.0965. The normalized spacial score (nSPS) is 18.6. The van der Waals surface area contributed by atoms with E-state index in [1.54, 1.807) is 17.4 Å². The molecule has 0 spiro atoms. The van der Waals surface area contributed by atoms with E-state index in [1.807, 2.05) is 43.3 Å². The van der Waals surface area contributed by atoms with Gasteiger partial charge in [-0.15, -0.1) is 10.8 Å². The lowest BCUT2D eigenvalue weighted by atomic mass is 9.97. The number of carboxylic acid groups (broad SMARTS) is 1. The highest BCUT2D eigenvalue weighted by Gasteiger charge is 2.37. The Bertz CT molecular complexity index is 1240. The number of carbonyl (C=O) groups is 1. The van der Waals surface area contributed by atoms with Crippen LogP contribution in [0.4, 0.5) is 15.8 Å². The lowest BCUT2D eigenvalue weighted by Crippen LogP contribution is -2.39. The highest BCUT2D eigenvalue weighted by molar-refractivity contribution is 8.22. The van der Waals surface area contributed by atoms with Gasteiger partial charge in [-0.1, -0.05) is 44.0 Å². The Labute approximate surface area is 207 Å². The smallest absolute Gasteiger partial charge is 0.338 e. The quantitative estimate of drug-likeness (QED) is 0.334. The van der Waals surface area contributed by atoms with Crippen molar-refractivity contribution in [2.24, 2.45) is 0 Å². The molecular weight excluding hydrogens is 467 g/mol. The fourth-order valence-electron chi connectivity index (χ4n) is 4.62. The van der Waals surface area contributed by atoms with Crippen LogP contribution in [0.2, 0.25) is 0 Å². The number of nitrogens with zero attached hydrogens (tertiary/aromatic N) is 2. The van der Waals surface area contributed by atoms with Gasteiger partial charge in [0.05, 0.1) is 16.1 Å². The molecule has 0 fully saturated rings. The van der Waals surface area contributed by atoms with Crippen molar-refractivity contribution in [1.82, 2.24) is 4.31 Å². The van der Waals surface area contributed by atoms with E-state index in [-0.39, 0.29) is 6.04 Å². The monoisotopic (exact) mass is 498 g/mol. The van der Waals surface area contributed by atoms with Gasteiger partial charge >= 0.3 is 5.97 Å². The molecule has 1 unspecified atom stereocenters. The number of hydrogen-bond donors (Lipinski definition) is 3. The van der Waals surface area contributed by atoms with Crippen LogP contribution >= 0.6 is 10.8 Å². The molecule has 1 aliphatic rings. The van der Waals surface area contributed by atoms with E-state index in [2.05, 4.69) is 11.8 Å². The Morgan fingerprint density at radius 2 is 1.83 bits per heavy atom. The summed E-state index contributed by atoms with van der Waals surface area (Å²) in [4.78, 5) is 14.0. The van der Waals surface area contributed by atoms with Crippen LogP contribution in [0.15, 0.2) is 65.6 Å². The number of benzene rings is 3. The third-order valence-corrected chi connectivity index (χ3v) is 8.69. The number of likely N-dealkylation sites (N-methyl/N-ethyl adjacent to an activating group) is 1. The van der Waals surface area contributed by atoms with Crippen LogP contribution < -0.4 is 4.90 Å². The van der Waals surface area contributed by atoms with Gasteiger partial charge in [-0.25, -0.2) is 13.5 Å². The maximum Gasteiger partial charge on any atom is 0.338 e. The van der Waals surface area contributed by atoms with Crippen molar-refractivity contribution in [2.75, 3.05) is 18.5 Å². The first kappa shape index (κ1) is 25.2. The highest BCUT2D eigenvalue weighted by Crippen LogP contribution is 2.59. The van der Waals surface area contributed by atoms with Gasteiger partial charge in [-0.05, 0) is 66.4 Å². The number of halogens is 1. The van der Waals surface area contributed by atoms with E-state index >= 15 is 0 Å². The second-order valence-corrected chi connectivity index (χ2v) is 11.0. The molecule has 0 radical (unpaired) electrons. The molecule has 0 aromatic heterocycles. The molecule has 1 atom stereocenters. The first-order valence-electron chi connectivity index (χ1n) is 11.7. The zero-order valence-corrected chi connectivity index (χ0v) is 20.9. The number of anilines is 2. The molecule has 8 heteroatoms. The van der Waals surface area contributed by atoms with Crippen molar-refractivity contribution >= 4 is 28.1 Å². The molecule has 0 saturated heterocycles. The summed E-state index contributed by atoms with van der Waals surface area (Å²) in [5, 5.41) is 9.38. The molecule has 3 N–H and O–H groups in total. The molecule has 0 aliphatic carbocycles. The molecule has 3 aromatic rings. The van der Waals surface area contributed by atoms with Gasteiger partial charge in [-0.2, -0.15) is 0 Å². The first-order valence-corrected chi connectivity index (χ1v) is 13.2. The highest BCUT2D eigenvalue weighted by atomic mass is 32.3. The summed E-state index contributed by atoms with van der Waals surface area (Å²) in [6, 6.07) is 17.3. The first-order chi connectivity index (χ1) is 16.6. The van der Waals surface area contributed by atoms with Gasteiger partial charge in [0, 0.05) is 25.3 Å². The molecule has 186 valence electrons. The summed E-state index contributed by atoms with van der Waals surface area (Å²) in [5.74, 6) is -2.17. The Balaban J connectivity index is 1.93. The van der Waals surface area contributed by atoms with Crippen molar-refractivity contribution in [1.29, 1.82) is 0 Å². The Kier molecular flexibility index (Phi) is 7.19. The number of hydrogen-bond acceptors (Lipinski definition) is 5. The van der Waals surface area contributed by atoms with E-state index in [9.17, 15) is 23.4 Å². The minimum Gasteiger partial charge on any atom is -0.478 e. The summed E-state index contributed by atoms with van der Waals surface area (Å²) < 4.78 is 38.8. The Morgan fingerprint density at radius 1 is 1.11 bits per heavy atom. The molecule has 1 aliphatic heterocycles. The predicted molar refractivity (Wildman–Crippen MR) is 139 cm³/mol. The lowest BCUT2D eigenvalue weighted by Gasteiger charge is -2.43. The fraction of sp³-hybridized carbons (Fsp3) is 0.296. The molecular formula is C27H31FN2O4S. The summed E-state index contributed by atoms with van der Waals surface area (Å²) in [7, 11) is -1.61. The van der Waals surface area contributed by atoms with Gasteiger partial charge < -0.3 is 10.0 Å². The molecule has 35 heavy (non-hydrogen) atoms. The van der Waals surface area contributed by atoms with Crippen LogP contribution in [0.5, 0.6) is 0 Å². The number of aryl methyl sites for hydroxylation is 1. The zero-order chi connectivity index (χ0) is 25.3. The van der Waals surface area contributed by atoms with Crippen molar-refractivity contribution in [3.8, 4) is 11.1 Å². The van der Waals surface area contributed by atoms with Crippen LogP contribution in [-0.2, 0) is 0 Å². The van der Waals surface area contributed by atoms with Gasteiger partial charge in [0.2, 0.25) is 0 Å². The largest absolute Gasteiger partial charge is 0.478 e. The standard InChI is InChI=1S/C27H31FN2O4S/c1-4-5-9-21-17-30(20-10-7-6-8-11-20)25-14-18(2)22(16-26(25)35(33,34)29(21)3)19-12-13-24(28)23(15-19)27(31)32/h6-8,10-16,21,33-34H,4-5,9,17H2,1-3H3,(H,31,32). The van der Waals surface area contributed by atoms with E-state index < -0.39 is 28.1 Å². The molecule has 1 heterocycles. The van der Waals surface area contributed by atoms with Crippen LogP contribution in [0, 0.1) is 12.7 Å². The van der Waals surface area contributed by atoms with E-state index in [0.29, 0.717) is 28.3 Å². The average molecular weight is 499 g/mol. The summed E-state index contributed by atoms with van der Waals surface area (Å²) in [5.41, 5.74) is 3.16. The molecule has 4 rings (SSSR count). The average Bonchev–Trinajstić information content (AvgIpc) is 2.91. The van der Waals surface area contributed by atoms with Gasteiger partial charge in [0.25, 0.3) is 0 Å². The number of rotatable bonds is 6. The third kappa shape index (κ3) is 4.79. The second kappa shape index (κ2) is 9.99. The predicted octanol–water partition coefficient (Wildman–Crippen LogP) is 7.17. The number of aromatic carboxylic acids is 1. The van der Waals surface area contributed by atoms with Crippen LogP contribution in [0.1, 0.15) is 42.1 Å². The number of fused-ring (bicyclic) bond motifs is 1. The molecule has 3 aromatic carbocycles. The minimum atomic E-state index is -3.36. The van der Waals surface area contributed by atoms with E-state index in [4.69, 9.17) is 0 Å². The third-order valence-electron chi connectivity index (χ3n) is 6.67. The number of carboxylic acids is 1. The van der Waals surface area contributed by atoms with Gasteiger partial charge in [0.1, 0.15) is 5.82 Å². The van der Waals surface area contributed by atoms with Crippen molar-refractivity contribution in [3.63, 3.8) is 0 Å². The zero-order valence-electron chi connectivity index (χ0n) is 20.1. The maximum absolute atomic E-state index is 14.1. The van der Waals surface area contributed by atoms with Crippen molar-refractivity contribution in [3.05, 3.63) is 77.6 Å². The molecule has 6 nitrogen and oxygen atoms in total. The van der Waals surface area contributed by atoms with Gasteiger partial charge in [-0.3, -0.25) is 9.11 Å². The summed E-state index contributed by atoms with van der Waals surface area (Å²) in [6.07, 6.45) is 2.77. The summed E-state index contributed by atoms with van der Waals surface area (Å²) in [6.45, 7) is 4.58. The lowest BCUT2D eigenvalue weighted by molar-refractivity contribution is 0.0692. The van der Waals surface area contributed by atoms with E-state index in [1.165, 1.54) is 12.1 Å². The van der Waals surface area contributed by atoms with E-state index in [0.717, 1.165) is 36.6 Å².